The minimum Gasteiger partial charge on any atom is -0.409 e. The lowest BCUT2D eigenvalue weighted by atomic mass is 9.75. The van der Waals surface area contributed by atoms with Crippen LogP contribution in [0.1, 0.15) is 52.4 Å². The summed E-state index contributed by atoms with van der Waals surface area (Å²) >= 11 is 0. The Bertz CT molecular complexity index is 228. The van der Waals surface area contributed by atoms with E-state index in [0.717, 1.165) is 13.0 Å². The number of nitrogens with one attached hydrogen (secondary N) is 1. The molecular weight excluding hydrogens is 202 g/mol. The Morgan fingerprint density at radius 1 is 1.44 bits per heavy atom. The average molecular weight is 227 g/mol. The average Bonchev–Trinajstić information content (AvgIpc) is 2.26. The monoisotopic (exact) mass is 227 g/mol. The van der Waals surface area contributed by atoms with E-state index < -0.39 is 0 Å². The number of rotatable bonds is 5. The molecule has 0 amide bonds. The summed E-state index contributed by atoms with van der Waals surface area (Å²) in [5, 5.41) is 14.9. The summed E-state index contributed by atoms with van der Waals surface area (Å²) in [5.41, 5.74) is 5.93. The zero-order valence-electron chi connectivity index (χ0n) is 10.5. The van der Waals surface area contributed by atoms with Gasteiger partial charge in [0.25, 0.3) is 0 Å². The fourth-order valence-corrected chi connectivity index (χ4v) is 2.23. The second-order valence-electron chi connectivity index (χ2n) is 5.59. The first-order valence-corrected chi connectivity index (χ1v) is 6.23. The van der Waals surface area contributed by atoms with Crippen LogP contribution in [-0.4, -0.2) is 23.6 Å². The molecule has 0 heterocycles. The molecule has 0 radical (unpaired) electrons. The SMILES string of the molecule is CC1(C)CCC(NCCCC(N)=NO)CC1. The molecule has 0 aliphatic heterocycles. The Morgan fingerprint density at radius 2 is 2.06 bits per heavy atom. The highest BCUT2D eigenvalue weighted by Crippen LogP contribution is 2.34. The van der Waals surface area contributed by atoms with Crippen molar-refractivity contribution in [2.24, 2.45) is 16.3 Å². The highest BCUT2D eigenvalue weighted by Gasteiger charge is 2.26. The fourth-order valence-electron chi connectivity index (χ4n) is 2.23. The molecular formula is C12H25N3O. The van der Waals surface area contributed by atoms with E-state index in [-0.39, 0.29) is 0 Å². The molecule has 4 heteroatoms. The van der Waals surface area contributed by atoms with Crippen LogP contribution in [0.2, 0.25) is 0 Å². The number of oxime groups is 1. The number of hydrogen-bond donors (Lipinski definition) is 3. The summed E-state index contributed by atoms with van der Waals surface area (Å²) in [6.45, 7) is 5.66. The molecule has 0 bridgehead atoms. The van der Waals surface area contributed by atoms with Crippen LogP contribution >= 0.6 is 0 Å². The van der Waals surface area contributed by atoms with Crippen LogP contribution in [0.25, 0.3) is 0 Å². The van der Waals surface area contributed by atoms with Gasteiger partial charge in [0.1, 0.15) is 5.84 Å². The minimum absolute atomic E-state index is 0.326. The van der Waals surface area contributed by atoms with Crippen molar-refractivity contribution in [3.63, 3.8) is 0 Å². The number of nitrogens with two attached hydrogens (primary N) is 1. The lowest BCUT2D eigenvalue weighted by molar-refractivity contribution is 0.207. The van der Waals surface area contributed by atoms with Crippen LogP contribution in [0.5, 0.6) is 0 Å². The van der Waals surface area contributed by atoms with Crippen molar-refractivity contribution in [2.75, 3.05) is 6.54 Å². The van der Waals surface area contributed by atoms with Gasteiger partial charge in [0.15, 0.2) is 0 Å². The van der Waals surface area contributed by atoms with Gasteiger partial charge in [-0.2, -0.15) is 0 Å². The third-order valence-electron chi connectivity index (χ3n) is 3.51. The lowest BCUT2D eigenvalue weighted by Gasteiger charge is -2.34. The van der Waals surface area contributed by atoms with Gasteiger partial charge < -0.3 is 16.3 Å². The fraction of sp³-hybridized carbons (Fsp3) is 0.917. The maximum absolute atomic E-state index is 8.38. The van der Waals surface area contributed by atoms with Crippen LogP contribution in [0.3, 0.4) is 0 Å². The predicted molar refractivity (Wildman–Crippen MR) is 66.7 cm³/mol. The summed E-state index contributed by atoms with van der Waals surface area (Å²) in [6.07, 6.45) is 6.78. The zero-order valence-corrected chi connectivity index (χ0v) is 10.5. The maximum Gasteiger partial charge on any atom is 0.139 e. The molecule has 0 unspecified atom stereocenters. The molecule has 0 aromatic heterocycles. The Hall–Kier alpha value is -0.770. The van der Waals surface area contributed by atoms with E-state index in [2.05, 4.69) is 24.3 Å². The maximum atomic E-state index is 8.38. The van der Waals surface area contributed by atoms with Gasteiger partial charge in [-0.1, -0.05) is 19.0 Å². The van der Waals surface area contributed by atoms with Gasteiger partial charge in [-0.3, -0.25) is 0 Å². The molecule has 1 aliphatic carbocycles. The van der Waals surface area contributed by atoms with Crippen molar-refractivity contribution in [1.82, 2.24) is 5.32 Å². The quantitative estimate of drug-likeness (QED) is 0.221. The Balaban J connectivity index is 2.07. The van der Waals surface area contributed by atoms with E-state index in [1.807, 2.05) is 0 Å². The van der Waals surface area contributed by atoms with Crippen molar-refractivity contribution in [1.29, 1.82) is 0 Å². The highest BCUT2D eigenvalue weighted by atomic mass is 16.4. The van der Waals surface area contributed by atoms with Crippen molar-refractivity contribution in [3.8, 4) is 0 Å². The predicted octanol–water partition coefficient (Wildman–Crippen LogP) is 2.07. The van der Waals surface area contributed by atoms with Crippen LogP contribution in [0.4, 0.5) is 0 Å². The lowest BCUT2D eigenvalue weighted by Crippen LogP contribution is -2.36. The van der Waals surface area contributed by atoms with Crippen molar-refractivity contribution in [2.45, 2.75) is 58.4 Å². The number of amidine groups is 1. The molecule has 4 nitrogen and oxygen atoms in total. The van der Waals surface area contributed by atoms with Gasteiger partial charge in [-0.05, 0) is 44.1 Å². The van der Waals surface area contributed by atoms with Gasteiger partial charge in [0.05, 0.1) is 0 Å². The zero-order chi connectivity index (χ0) is 12.0. The molecule has 4 N–H and O–H groups in total. The molecule has 0 atom stereocenters. The standard InChI is InChI=1S/C12H25N3O/c1-12(2)7-5-10(6-8-12)14-9-3-4-11(13)15-16/h10,14,16H,3-9H2,1-2H3,(H2,13,15). The number of nitrogens with zero attached hydrogens (tertiary/aromatic N) is 1. The van der Waals surface area contributed by atoms with Crippen molar-refractivity contribution in [3.05, 3.63) is 0 Å². The van der Waals surface area contributed by atoms with E-state index in [1.165, 1.54) is 25.7 Å². The first kappa shape index (κ1) is 13.3. The molecule has 0 spiro atoms. The largest absolute Gasteiger partial charge is 0.409 e. The Kier molecular flexibility index (Phi) is 5.06. The molecule has 0 saturated heterocycles. The summed E-state index contributed by atoms with van der Waals surface area (Å²) in [7, 11) is 0. The van der Waals surface area contributed by atoms with Crippen molar-refractivity contribution < 1.29 is 5.21 Å². The molecule has 1 rings (SSSR count). The normalized spacial score (nSPS) is 22.2. The van der Waals surface area contributed by atoms with Gasteiger partial charge in [0, 0.05) is 12.5 Å². The van der Waals surface area contributed by atoms with Gasteiger partial charge in [-0.15, -0.1) is 0 Å². The summed E-state index contributed by atoms with van der Waals surface area (Å²) in [6, 6.07) is 0.667. The third-order valence-corrected chi connectivity index (χ3v) is 3.51. The summed E-state index contributed by atoms with van der Waals surface area (Å²) in [5.74, 6) is 0.326. The van der Waals surface area contributed by atoms with E-state index in [1.54, 1.807) is 0 Å². The van der Waals surface area contributed by atoms with Gasteiger partial charge >= 0.3 is 0 Å². The van der Waals surface area contributed by atoms with Crippen LogP contribution in [-0.2, 0) is 0 Å². The van der Waals surface area contributed by atoms with E-state index >= 15 is 0 Å². The Morgan fingerprint density at radius 3 is 2.62 bits per heavy atom. The van der Waals surface area contributed by atoms with Crippen molar-refractivity contribution >= 4 is 5.84 Å². The number of hydrogen-bond acceptors (Lipinski definition) is 3. The molecule has 16 heavy (non-hydrogen) atoms. The van der Waals surface area contributed by atoms with Crippen LogP contribution in [0, 0.1) is 5.41 Å². The second kappa shape index (κ2) is 6.09. The minimum atomic E-state index is 0.326. The Labute approximate surface area is 98.3 Å². The molecule has 1 saturated carbocycles. The topological polar surface area (TPSA) is 70.6 Å². The molecule has 0 aromatic rings. The van der Waals surface area contributed by atoms with Gasteiger partial charge in [-0.25, -0.2) is 0 Å². The smallest absolute Gasteiger partial charge is 0.139 e. The summed E-state index contributed by atoms with van der Waals surface area (Å²) < 4.78 is 0. The second-order valence-corrected chi connectivity index (χ2v) is 5.59. The highest BCUT2D eigenvalue weighted by molar-refractivity contribution is 5.79. The molecule has 94 valence electrons. The van der Waals surface area contributed by atoms with Crippen LogP contribution in [0.15, 0.2) is 5.16 Å². The third kappa shape index (κ3) is 4.84. The molecule has 1 aliphatic rings. The van der Waals surface area contributed by atoms with Crippen LogP contribution < -0.4 is 11.1 Å². The van der Waals surface area contributed by atoms with E-state index in [4.69, 9.17) is 10.9 Å². The first-order chi connectivity index (χ1) is 7.53. The van der Waals surface area contributed by atoms with E-state index in [9.17, 15) is 0 Å². The van der Waals surface area contributed by atoms with E-state index in [0.29, 0.717) is 23.7 Å². The molecule has 0 aromatic carbocycles. The first-order valence-electron chi connectivity index (χ1n) is 6.23. The summed E-state index contributed by atoms with van der Waals surface area (Å²) in [4.78, 5) is 0. The van der Waals surface area contributed by atoms with Gasteiger partial charge in [0.2, 0.25) is 0 Å². The molecule has 1 fully saturated rings.